The quantitative estimate of drug-likeness (QED) is 0.801. The van der Waals surface area contributed by atoms with E-state index < -0.39 is 5.60 Å². The highest BCUT2D eigenvalue weighted by atomic mass is 32.2. The molecule has 1 aromatic rings. The summed E-state index contributed by atoms with van der Waals surface area (Å²) in [6.07, 6.45) is 2.71. The van der Waals surface area contributed by atoms with Gasteiger partial charge in [-0.15, -0.1) is 11.8 Å². The van der Waals surface area contributed by atoms with Crippen LogP contribution in [0.3, 0.4) is 0 Å². The lowest BCUT2D eigenvalue weighted by molar-refractivity contribution is -0.0262. The highest BCUT2D eigenvalue weighted by molar-refractivity contribution is 7.98. The van der Waals surface area contributed by atoms with Crippen molar-refractivity contribution in [3.63, 3.8) is 0 Å². The molecular weight excluding hydrogens is 246 g/mol. The molecule has 18 heavy (non-hydrogen) atoms. The molecule has 0 aliphatic carbocycles. The van der Waals surface area contributed by atoms with Crippen LogP contribution < -0.4 is 5.32 Å². The van der Waals surface area contributed by atoms with Crippen molar-refractivity contribution in [2.75, 3.05) is 19.4 Å². The lowest BCUT2D eigenvalue weighted by Crippen LogP contribution is -2.45. The maximum absolute atomic E-state index is 10.3. The molecule has 0 spiro atoms. The van der Waals surface area contributed by atoms with Gasteiger partial charge in [-0.1, -0.05) is 12.1 Å². The van der Waals surface area contributed by atoms with Crippen molar-refractivity contribution in [2.24, 2.45) is 0 Å². The van der Waals surface area contributed by atoms with Crippen molar-refractivity contribution in [1.29, 1.82) is 0 Å². The molecule has 1 heterocycles. The van der Waals surface area contributed by atoms with Crippen LogP contribution >= 0.6 is 11.8 Å². The topological polar surface area (TPSA) is 41.5 Å². The van der Waals surface area contributed by atoms with Crippen LogP contribution in [0.4, 0.5) is 0 Å². The summed E-state index contributed by atoms with van der Waals surface area (Å²) in [6, 6.07) is 8.49. The monoisotopic (exact) mass is 267 g/mol. The smallest absolute Gasteiger partial charge is 0.105 e. The van der Waals surface area contributed by atoms with E-state index in [0.717, 1.165) is 6.54 Å². The SMILES string of the molecule is CSc1ccc(CNCC2(O)CCOC2C)cc1. The Hall–Kier alpha value is -0.550. The van der Waals surface area contributed by atoms with Gasteiger partial charge in [-0.3, -0.25) is 0 Å². The van der Waals surface area contributed by atoms with Gasteiger partial charge in [0.15, 0.2) is 0 Å². The lowest BCUT2D eigenvalue weighted by Gasteiger charge is -2.26. The second-order valence-electron chi connectivity index (χ2n) is 4.82. The second kappa shape index (κ2) is 6.06. The number of rotatable bonds is 5. The Morgan fingerprint density at radius 3 is 2.72 bits per heavy atom. The van der Waals surface area contributed by atoms with Crippen LogP contribution in [-0.4, -0.2) is 36.2 Å². The summed E-state index contributed by atoms with van der Waals surface area (Å²) in [5, 5.41) is 13.6. The Labute approximate surface area is 113 Å². The molecule has 2 rings (SSSR count). The first-order valence-corrected chi connectivity index (χ1v) is 7.54. The van der Waals surface area contributed by atoms with Crippen molar-refractivity contribution in [3.05, 3.63) is 29.8 Å². The van der Waals surface area contributed by atoms with E-state index in [2.05, 4.69) is 35.8 Å². The molecule has 2 atom stereocenters. The largest absolute Gasteiger partial charge is 0.386 e. The van der Waals surface area contributed by atoms with Crippen molar-refractivity contribution >= 4 is 11.8 Å². The number of nitrogens with one attached hydrogen (secondary N) is 1. The van der Waals surface area contributed by atoms with Crippen LogP contribution in [0.1, 0.15) is 18.9 Å². The Kier molecular flexibility index (Phi) is 4.67. The van der Waals surface area contributed by atoms with Gasteiger partial charge < -0.3 is 15.2 Å². The van der Waals surface area contributed by atoms with Gasteiger partial charge >= 0.3 is 0 Å². The van der Waals surface area contributed by atoms with Crippen LogP contribution in [0.25, 0.3) is 0 Å². The highest BCUT2D eigenvalue weighted by Gasteiger charge is 2.38. The van der Waals surface area contributed by atoms with Gasteiger partial charge in [0.05, 0.1) is 6.10 Å². The average Bonchev–Trinajstić information content (AvgIpc) is 2.71. The summed E-state index contributed by atoms with van der Waals surface area (Å²) in [7, 11) is 0. The standard InChI is InChI=1S/C14H21NO2S/c1-11-14(16,7-8-17-11)10-15-9-12-3-5-13(18-2)6-4-12/h3-6,11,15-16H,7-10H2,1-2H3. The molecule has 100 valence electrons. The van der Waals surface area contributed by atoms with E-state index in [0.29, 0.717) is 19.6 Å². The minimum Gasteiger partial charge on any atom is -0.386 e. The second-order valence-corrected chi connectivity index (χ2v) is 5.70. The van der Waals surface area contributed by atoms with E-state index in [1.807, 2.05) is 6.92 Å². The lowest BCUT2D eigenvalue weighted by atomic mass is 9.96. The molecule has 0 aromatic heterocycles. The van der Waals surface area contributed by atoms with E-state index in [1.165, 1.54) is 10.5 Å². The molecule has 0 saturated carbocycles. The van der Waals surface area contributed by atoms with Gasteiger partial charge in [0.25, 0.3) is 0 Å². The predicted octanol–water partition coefficient (Wildman–Crippen LogP) is 2.04. The molecule has 2 unspecified atom stereocenters. The third-order valence-electron chi connectivity index (χ3n) is 3.58. The Balaban J connectivity index is 1.81. The van der Waals surface area contributed by atoms with Crippen molar-refractivity contribution < 1.29 is 9.84 Å². The number of hydrogen-bond donors (Lipinski definition) is 2. The van der Waals surface area contributed by atoms with E-state index in [9.17, 15) is 5.11 Å². The van der Waals surface area contributed by atoms with Gasteiger partial charge in [0, 0.05) is 31.0 Å². The average molecular weight is 267 g/mol. The van der Waals surface area contributed by atoms with Gasteiger partial charge in [-0.2, -0.15) is 0 Å². The van der Waals surface area contributed by atoms with E-state index in [4.69, 9.17) is 4.74 Å². The zero-order chi connectivity index (χ0) is 13.0. The van der Waals surface area contributed by atoms with Crippen LogP contribution in [0.5, 0.6) is 0 Å². The maximum atomic E-state index is 10.3. The molecule has 0 radical (unpaired) electrons. The molecule has 1 aliphatic rings. The molecule has 3 nitrogen and oxygen atoms in total. The minimum atomic E-state index is -0.709. The first kappa shape index (κ1) is 13.9. The van der Waals surface area contributed by atoms with Crippen LogP contribution in [-0.2, 0) is 11.3 Å². The summed E-state index contributed by atoms with van der Waals surface area (Å²) >= 11 is 1.74. The Morgan fingerprint density at radius 2 is 2.17 bits per heavy atom. The maximum Gasteiger partial charge on any atom is 0.105 e. The Morgan fingerprint density at radius 1 is 1.44 bits per heavy atom. The molecular formula is C14H21NO2S. The van der Waals surface area contributed by atoms with E-state index >= 15 is 0 Å². The third kappa shape index (κ3) is 3.26. The molecule has 1 fully saturated rings. The van der Waals surface area contributed by atoms with Crippen LogP contribution in [0.2, 0.25) is 0 Å². The van der Waals surface area contributed by atoms with Crippen molar-refractivity contribution in [1.82, 2.24) is 5.32 Å². The fourth-order valence-corrected chi connectivity index (χ4v) is 2.58. The van der Waals surface area contributed by atoms with Gasteiger partial charge in [0.1, 0.15) is 5.60 Å². The normalized spacial score (nSPS) is 27.6. The Bertz CT molecular complexity index is 382. The summed E-state index contributed by atoms with van der Waals surface area (Å²) in [6.45, 7) is 3.95. The fraction of sp³-hybridized carbons (Fsp3) is 0.571. The molecule has 0 bridgehead atoms. The highest BCUT2D eigenvalue weighted by Crippen LogP contribution is 2.24. The van der Waals surface area contributed by atoms with Crippen molar-refractivity contribution in [2.45, 2.75) is 36.5 Å². The zero-order valence-corrected chi connectivity index (χ0v) is 11.8. The summed E-state index contributed by atoms with van der Waals surface area (Å²) in [5.41, 5.74) is 0.530. The summed E-state index contributed by atoms with van der Waals surface area (Å²) in [4.78, 5) is 1.27. The molecule has 4 heteroatoms. The predicted molar refractivity (Wildman–Crippen MR) is 74.9 cm³/mol. The molecule has 1 saturated heterocycles. The molecule has 1 aromatic carbocycles. The summed E-state index contributed by atoms with van der Waals surface area (Å²) in [5.74, 6) is 0. The molecule has 2 N–H and O–H groups in total. The fourth-order valence-electron chi connectivity index (χ4n) is 2.17. The van der Waals surface area contributed by atoms with Gasteiger partial charge in [0.2, 0.25) is 0 Å². The minimum absolute atomic E-state index is 0.0798. The molecule has 1 aliphatic heterocycles. The molecule has 0 amide bonds. The first-order valence-electron chi connectivity index (χ1n) is 6.32. The number of aliphatic hydroxyl groups is 1. The zero-order valence-electron chi connectivity index (χ0n) is 11.0. The van der Waals surface area contributed by atoms with Crippen LogP contribution in [0, 0.1) is 0 Å². The van der Waals surface area contributed by atoms with Gasteiger partial charge in [-0.25, -0.2) is 0 Å². The van der Waals surface area contributed by atoms with E-state index in [1.54, 1.807) is 11.8 Å². The number of ether oxygens (including phenoxy) is 1. The third-order valence-corrected chi connectivity index (χ3v) is 4.32. The van der Waals surface area contributed by atoms with Crippen molar-refractivity contribution in [3.8, 4) is 0 Å². The first-order chi connectivity index (χ1) is 8.64. The van der Waals surface area contributed by atoms with Crippen LogP contribution in [0.15, 0.2) is 29.2 Å². The van der Waals surface area contributed by atoms with Gasteiger partial charge in [-0.05, 0) is 30.9 Å². The number of benzene rings is 1. The summed E-state index contributed by atoms with van der Waals surface area (Å²) < 4.78 is 5.41. The van der Waals surface area contributed by atoms with E-state index in [-0.39, 0.29) is 6.10 Å². The number of hydrogen-bond acceptors (Lipinski definition) is 4. The number of thioether (sulfide) groups is 1.